The summed E-state index contributed by atoms with van der Waals surface area (Å²) in [5.41, 5.74) is 2.12. The molecule has 0 aliphatic carbocycles. The Morgan fingerprint density at radius 2 is 1.64 bits per heavy atom. The Balaban J connectivity index is 1.72. The van der Waals surface area contributed by atoms with Crippen LogP contribution in [0.1, 0.15) is 24.0 Å². The van der Waals surface area contributed by atoms with Gasteiger partial charge in [-0.2, -0.15) is 5.26 Å². The predicted octanol–water partition coefficient (Wildman–Crippen LogP) is 4.51. The van der Waals surface area contributed by atoms with Crippen LogP contribution < -0.4 is 0 Å². The van der Waals surface area contributed by atoms with E-state index in [1.54, 1.807) is 0 Å². The van der Waals surface area contributed by atoms with Gasteiger partial charge in [-0.15, -0.1) is 0 Å². The molecule has 0 N–H and O–H groups in total. The van der Waals surface area contributed by atoms with Gasteiger partial charge in [-0.25, -0.2) is 0 Å². The van der Waals surface area contributed by atoms with E-state index in [2.05, 4.69) is 57.2 Å². The smallest absolute Gasteiger partial charge is 0.0857 e. The van der Waals surface area contributed by atoms with Crippen molar-refractivity contribution in [3.8, 4) is 6.07 Å². The van der Waals surface area contributed by atoms with Crippen molar-refractivity contribution in [3.05, 3.63) is 70.2 Å². The molecule has 2 nitrogen and oxygen atoms in total. The number of hydrogen-bond acceptors (Lipinski definition) is 2. The molecule has 0 aromatic heterocycles. The van der Waals surface area contributed by atoms with Crippen LogP contribution in [0.5, 0.6) is 0 Å². The summed E-state index contributed by atoms with van der Waals surface area (Å²) >= 11 is 3.61. The lowest BCUT2D eigenvalue weighted by Gasteiger charge is -2.38. The van der Waals surface area contributed by atoms with Gasteiger partial charge in [-0.1, -0.05) is 64.5 Å². The number of hydrogen-bond donors (Lipinski definition) is 0. The van der Waals surface area contributed by atoms with Gasteiger partial charge in [0.15, 0.2) is 0 Å². The molecule has 1 heterocycles. The molecule has 0 radical (unpaired) electrons. The summed E-state index contributed by atoms with van der Waals surface area (Å²) in [5, 5.41) is 9.81. The molecule has 0 unspecified atom stereocenters. The molecule has 0 spiro atoms. The van der Waals surface area contributed by atoms with Gasteiger partial charge < -0.3 is 0 Å². The average Bonchev–Trinajstić information content (AvgIpc) is 2.57. The van der Waals surface area contributed by atoms with Gasteiger partial charge in [0.25, 0.3) is 0 Å². The fourth-order valence-corrected chi connectivity index (χ4v) is 3.89. The van der Waals surface area contributed by atoms with Gasteiger partial charge >= 0.3 is 0 Å². The van der Waals surface area contributed by atoms with Gasteiger partial charge in [0, 0.05) is 24.1 Å². The van der Waals surface area contributed by atoms with E-state index in [4.69, 9.17) is 0 Å². The third-order valence-corrected chi connectivity index (χ3v) is 5.25. The lowest BCUT2D eigenvalue weighted by molar-refractivity contribution is 0.179. The zero-order chi connectivity index (χ0) is 15.4. The molecule has 2 aromatic rings. The van der Waals surface area contributed by atoms with Gasteiger partial charge in [0.1, 0.15) is 0 Å². The summed E-state index contributed by atoms with van der Waals surface area (Å²) in [6, 6.07) is 21.3. The fraction of sp³-hybridized carbons (Fsp3) is 0.316. The Morgan fingerprint density at radius 3 is 2.27 bits per heavy atom. The molecule has 0 saturated carbocycles. The molecular weight excluding hydrogens is 336 g/mol. The topological polar surface area (TPSA) is 27.0 Å². The third kappa shape index (κ3) is 3.09. The molecule has 1 fully saturated rings. The third-order valence-electron chi connectivity index (χ3n) is 4.56. The van der Waals surface area contributed by atoms with Crippen molar-refractivity contribution in [2.75, 3.05) is 13.1 Å². The number of rotatable bonds is 3. The van der Waals surface area contributed by atoms with E-state index >= 15 is 0 Å². The highest BCUT2D eigenvalue weighted by Gasteiger charge is 2.37. The highest BCUT2D eigenvalue weighted by molar-refractivity contribution is 9.10. The van der Waals surface area contributed by atoms with E-state index in [9.17, 15) is 5.26 Å². The second kappa shape index (κ2) is 6.64. The van der Waals surface area contributed by atoms with E-state index in [0.717, 1.165) is 42.5 Å². The van der Waals surface area contributed by atoms with Crippen molar-refractivity contribution in [1.29, 1.82) is 5.26 Å². The second-order valence-corrected chi connectivity index (χ2v) is 6.79. The zero-order valence-corrected chi connectivity index (χ0v) is 14.1. The standard InChI is InChI=1S/C19H19BrN2/c20-18-9-5-4-8-17(18)19(15-21)10-12-22(13-11-19)14-16-6-2-1-3-7-16/h1-9H,10-14H2. The van der Waals surface area contributed by atoms with Crippen LogP contribution in [0, 0.1) is 11.3 Å². The van der Waals surface area contributed by atoms with Crippen molar-refractivity contribution in [3.63, 3.8) is 0 Å². The van der Waals surface area contributed by atoms with Crippen molar-refractivity contribution >= 4 is 15.9 Å². The van der Waals surface area contributed by atoms with Crippen LogP contribution in [-0.2, 0) is 12.0 Å². The monoisotopic (exact) mass is 354 g/mol. The summed E-state index contributed by atoms with van der Waals surface area (Å²) < 4.78 is 1.05. The van der Waals surface area contributed by atoms with Gasteiger partial charge in [0.05, 0.1) is 11.5 Å². The van der Waals surface area contributed by atoms with Crippen molar-refractivity contribution in [2.24, 2.45) is 0 Å². The highest BCUT2D eigenvalue weighted by Crippen LogP contribution is 2.38. The Kier molecular flexibility index (Phi) is 4.61. The summed E-state index contributed by atoms with van der Waals surface area (Å²) in [4.78, 5) is 2.45. The van der Waals surface area contributed by atoms with Crippen LogP contribution in [0.3, 0.4) is 0 Å². The first-order valence-electron chi connectivity index (χ1n) is 7.66. The maximum Gasteiger partial charge on any atom is 0.0857 e. The SMILES string of the molecule is N#CC1(c2ccccc2Br)CCN(Cc2ccccc2)CC1. The Labute approximate surface area is 140 Å². The number of nitrogens with zero attached hydrogens (tertiary/aromatic N) is 2. The highest BCUT2D eigenvalue weighted by atomic mass is 79.9. The quantitative estimate of drug-likeness (QED) is 0.810. The van der Waals surface area contributed by atoms with Gasteiger partial charge in [0.2, 0.25) is 0 Å². The largest absolute Gasteiger partial charge is 0.299 e. The van der Waals surface area contributed by atoms with E-state index in [1.807, 2.05) is 24.3 Å². The van der Waals surface area contributed by atoms with Crippen molar-refractivity contribution in [2.45, 2.75) is 24.8 Å². The van der Waals surface area contributed by atoms with Gasteiger partial charge in [-0.3, -0.25) is 4.90 Å². The first-order valence-corrected chi connectivity index (χ1v) is 8.45. The summed E-state index contributed by atoms with van der Waals surface area (Å²) in [6.07, 6.45) is 1.78. The number of halogens is 1. The first-order chi connectivity index (χ1) is 10.7. The number of piperidine rings is 1. The summed E-state index contributed by atoms with van der Waals surface area (Å²) in [6.45, 7) is 2.89. The molecule has 0 amide bonds. The molecule has 2 aromatic carbocycles. The van der Waals surface area contributed by atoms with Crippen LogP contribution in [0.2, 0.25) is 0 Å². The van der Waals surface area contributed by atoms with Crippen LogP contribution in [0.25, 0.3) is 0 Å². The maximum absolute atomic E-state index is 9.81. The van der Waals surface area contributed by atoms with Crippen LogP contribution in [-0.4, -0.2) is 18.0 Å². The summed E-state index contributed by atoms with van der Waals surface area (Å²) in [5.74, 6) is 0. The molecule has 1 saturated heterocycles. The molecule has 1 aliphatic rings. The van der Waals surface area contributed by atoms with Crippen molar-refractivity contribution < 1.29 is 0 Å². The minimum Gasteiger partial charge on any atom is -0.299 e. The minimum atomic E-state index is -0.354. The van der Waals surface area contributed by atoms with Crippen molar-refractivity contribution in [1.82, 2.24) is 4.90 Å². The second-order valence-electron chi connectivity index (χ2n) is 5.94. The molecule has 22 heavy (non-hydrogen) atoms. The maximum atomic E-state index is 9.81. The number of benzene rings is 2. The molecule has 0 atom stereocenters. The first kappa shape index (κ1) is 15.3. The van der Waals surface area contributed by atoms with E-state index in [-0.39, 0.29) is 5.41 Å². The molecule has 0 bridgehead atoms. The Hall–Kier alpha value is -1.63. The molecule has 3 heteroatoms. The fourth-order valence-electron chi connectivity index (χ4n) is 3.23. The molecular formula is C19H19BrN2. The van der Waals surface area contributed by atoms with E-state index in [1.165, 1.54) is 5.56 Å². The lowest BCUT2D eigenvalue weighted by Crippen LogP contribution is -2.41. The van der Waals surface area contributed by atoms with E-state index in [0.29, 0.717) is 0 Å². The lowest BCUT2D eigenvalue weighted by atomic mass is 9.74. The normalized spacial score (nSPS) is 17.8. The van der Waals surface area contributed by atoms with Crippen LogP contribution in [0.4, 0.5) is 0 Å². The minimum absolute atomic E-state index is 0.354. The molecule has 3 rings (SSSR count). The Bertz CT molecular complexity index is 667. The Morgan fingerprint density at radius 1 is 1.00 bits per heavy atom. The zero-order valence-electron chi connectivity index (χ0n) is 12.5. The van der Waals surface area contributed by atoms with Crippen LogP contribution >= 0.6 is 15.9 Å². The average molecular weight is 355 g/mol. The number of nitriles is 1. The van der Waals surface area contributed by atoms with E-state index < -0.39 is 0 Å². The molecule has 112 valence electrons. The number of likely N-dealkylation sites (tertiary alicyclic amines) is 1. The summed E-state index contributed by atoms with van der Waals surface area (Å²) in [7, 11) is 0. The molecule has 1 aliphatic heterocycles. The van der Waals surface area contributed by atoms with Crippen LogP contribution in [0.15, 0.2) is 59.1 Å². The predicted molar refractivity (Wildman–Crippen MR) is 92.4 cm³/mol. The van der Waals surface area contributed by atoms with Gasteiger partial charge in [-0.05, 0) is 30.0 Å².